The lowest BCUT2D eigenvalue weighted by Gasteiger charge is -2.41. The Balaban J connectivity index is 1.43. The van der Waals surface area contributed by atoms with Gasteiger partial charge in [0.05, 0.1) is 13.2 Å². The molecule has 44 heavy (non-hydrogen) atoms. The number of methoxy groups -OCH3 is 1. The summed E-state index contributed by atoms with van der Waals surface area (Å²) < 4.78 is 30.3. The van der Waals surface area contributed by atoms with E-state index in [1.807, 2.05) is 59.4 Å². The average molecular weight is 620 g/mol. The second-order valence-electron chi connectivity index (χ2n) is 12.8. The van der Waals surface area contributed by atoms with Gasteiger partial charge in [0.15, 0.2) is 8.32 Å². The summed E-state index contributed by atoms with van der Waals surface area (Å²) in [6.45, 7) is 14.4. The smallest absolute Gasteiger partial charge is 0.376 e. The van der Waals surface area contributed by atoms with Crippen LogP contribution in [0.4, 0.5) is 0 Å². The Bertz CT molecular complexity index is 1380. The molecule has 236 valence electrons. The van der Waals surface area contributed by atoms with Gasteiger partial charge in [0.25, 0.3) is 0 Å². The van der Waals surface area contributed by atoms with E-state index in [2.05, 4.69) is 33.9 Å². The van der Waals surface area contributed by atoms with Crippen molar-refractivity contribution < 1.29 is 33.2 Å². The topological polar surface area (TPSA) is 86.7 Å². The maximum atomic E-state index is 12.2. The van der Waals surface area contributed by atoms with Crippen LogP contribution in [0.5, 0.6) is 23.0 Å². The van der Waals surface area contributed by atoms with E-state index in [9.17, 15) is 9.82 Å². The van der Waals surface area contributed by atoms with Gasteiger partial charge in [0.1, 0.15) is 41.3 Å². The molecule has 1 N–H and O–H groups in total. The van der Waals surface area contributed by atoms with Crippen LogP contribution in [0.1, 0.15) is 43.1 Å². The summed E-state index contributed by atoms with van der Waals surface area (Å²) in [6, 6.07) is 22.5. The highest BCUT2D eigenvalue weighted by Crippen LogP contribution is 2.38. The van der Waals surface area contributed by atoms with Crippen LogP contribution in [0.15, 0.2) is 72.8 Å². The van der Waals surface area contributed by atoms with Crippen molar-refractivity contribution in [2.45, 2.75) is 70.8 Å². The predicted molar refractivity (Wildman–Crippen MR) is 176 cm³/mol. The number of hydrogen-bond acceptors (Lipinski definition) is 8. The van der Waals surface area contributed by atoms with Gasteiger partial charge in [-0.1, -0.05) is 51.1 Å². The Hall–Kier alpha value is -3.31. The van der Waals surface area contributed by atoms with Crippen molar-refractivity contribution in [2.75, 3.05) is 26.8 Å². The first-order valence-corrected chi connectivity index (χ1v) is 18.2. The summed E-state index contributed by atoms with van der Waals surface area (Å²) in [5, 5.41) is 10.9. The van der Waals surface area contributed by atoms with E-state index in [0.717, 1.165) is 29.9 Å². The molecular weight excluding hydrogens is 573 g/mol. The molecule has 0 saturated carbocycles. The minimum Gasteiger partial charge on any atom is -0.491 e. The number of aryl methyl sites for hydroxylation is 1. The van der Waals surface area contributed by atoms with E-state index < -0.39 is 21.3 Å². The fraction of sp³-hybridized carbons (Fsp3) is 0.441. The van der Waals surface area contributed by atoms with Crippen LogP contribution in [0.2, 0.25) is 25.0 Å². The first-order chi connectivity index (χ1) is 20.9. The number of esters is 1. The molecule has 10 heteroatoms. The van der Waals surface area contributed by atoms with E-state index in [4.69, 9.17) is 23.4 Å². The highest BCUT2D eigenvalue weighted by molar-refractivity contribution is 6.74. The average Bonchev–Trinajstić information content (AvgIpc) is 2.99. The molecule has 0 aromatic heterocycles. The minimum absolute atomic E-state index is 0.0355. The van der Waals surface area contributed by atoms with Crippen molar-refractivity contribution in [1.29, 1.82) is 0 Å². The predicted octanol–water partition coefficient (Wildman–Crippen LogP) is 6.84. The molecule has 0 bridgehead atoms. The quantitative estimate of drug-likeness (QED) is 0.164. The lowest BCUT2D eigenvalue weighted by Crippen LogP contribution is -2.53. The Morgan fingerprint density at radius 3 is 2.45 bits per heavy atom. The van der Waals surface area contributed by atoms with Crippen molar-refractivity contribution in [1.82, 2.24) is 4.81 Å². The standard InChI is InChI=1S/C34H46BNO7Si/c1-34(2,3)44(6,7)43-29(24-40-26-13-9-8-10-14-26)23-36(35(4)38)22-28-18-17-25-21-27(19-20-31(25)42-28)41-32-16-12-11-15-30(32)33(37)39-5/h8-16,19-21,28-29,38H,17-18,22-24H2,1-7H3/t28-,29+/m1/s1. The van der Waals surface area contributed by atoms with Gasteiger partial charge in [-0.3, -0.25) is 0 Å². The van der Waals surface area contributed by atoms with Gasteiger partial charge >= 0.3 is 13.0 Å². The van der Waals surface area contributed by atoms with E-state index in [0.29, 0.717) is 36.8 Å². The third-order valence-corrected chi connectivity index (χ3v) is 13.0. The molecule has 0 fully saturated rings. The maximum Gasteiger partial charge on any atom is 0.376 e. The van der Waals surface area contributed by atoms with Crippen LogP contribution in [-0.2, 0) is 15.6 Å². The molecular formula is C34H46BNO7Si. The molecule has 2 atom stereocenters. The van der Waals surface area contributed by atoms with Crippen molar-refractivity contribution >= 4 is 21.3 Å². The van der Waals surface area contributed by atoms with Gasteiger partial charge in [0, 0.05) is 13.1 Å². The molecule has 3 aromatic carbocycles. The van der Waals surface area contributed by atoms with Crippen LogP contribution in [0, 0.1) is 0 Å². The molecule has 1 aliphatic heterocycles. The van der Waals surface area contributed by atoms with Gasteiger partial charge < -0.3 is 33.2 Å². The zero-order chi connectivity index (χ0) is 31.9. The third kappa shape index (κ3) is 8.88. The first kappa shape index (κ1) is 33.6. The molecule has 3 aromatic rings. The molecule has 1 heterocycles. The second kappa shape index (κ2) is 14.6. The number of nitrogens with zero attached hydrogens (tertiary/aromatic N) is 1. The molecule has 0 radical (unpaired) electrons. The second-order valence-corrected chi connectivity index (χ2v) is 17.6. The van der Waals surface area contributed by atoms with Crippen LogP contribution >= 0.6 is 0 Å². The summed E-state index contributed by atoms with van der Waals surface area (Å²) in [5.74, 6) is 2.20. The van der Waals surface area contributed by atoms with E-state index in [-0.39, 0.29) is 17.2 Å². The van der Waals surface area contributed by atoms with Crippen molar-refractivity contribution in [2.24, 2.45) is 0 Å². The largest absolute Gasteiger partial charge is 0.491 e. The first-order valence-electron chi connectivity index (χ1n) is 15.3. The lowest BCUT2D eigenvalue weighted by atomic mass is 9.83. The number of carbonyl (C=O) groups excluding carboxylic acids is 1. The number of benzene rings is 3. The van der Waals surface area contributed by atoms with Crippen molar-refractivity contribution in [3.8, 4) is 23.0 Å². The summed E-state index contributed by atoms with van der Waals surface area (Å²) in [5.41, 5.74) is 1.40. The minimum atomic E-state index is -2.11. The number of rotatable bonds is 13. The van der Waals surface area contributed by atoms with Crippen LogP contribution in [0.25, 0.3) is 0 Å². The third-order valence-electron chi connectivity index (χ3n) is 8.43. The van der Waals surface area contributed by atoms with Crippen LogP contribution in [0.3, 0.4) is 0 Å². The maximum absolute atomic E-state index is 12.2. The molecule has 4 rings (SSSR count). The monoisotopic (exact) mass is 619 g/mol. The van der Waals surface area contributed by atoms with Gasteiger partial charge in [-0.2, -0.15) is 0 Å². The molecule has 1 aliphatic rings. The number of carbonyl (C=O) groups is 1. The van der Waals surface area contributed by atoms with Gasteiger partial charge in [0.2, 0.25) is 0 Å². The van der Waals surface area contributed by atoms with Gasteiger partial charge in [-0.25, -0.2) is 4.79 Å². The van der Waals surface area contributed by atoms with Crippen molar-refractivity contribution in [3.05, 3.63) is 83.9 Å². The van der Waals surface area contributed by atoms with E-state index in [1.165, 1.54) is 7.11 Å². The van der Waals surface area contributed by atoms with Gasteiger partial charge in [-0.05, 0) is 85.8 Å². The lowest BCUT2D eigenvalue weighted by molar-refractivity contribution is 0.0598. The number of para-hydroxylation sites is 2. The fourth-order valence-electron chi connectivity index (χ4n) is 4.90. The Kier molecular flexibility index (Phi) is 11.2. The van der Waals surface area contributed by atoms with Gasteiger partial charge in [-0.15, -0.1) is 0 Å². The molecule has 0 aliphatic carbocycles. The summed E-state index contributed by atoms with van der Waals surface area (Å²) in [7, 11) is -1.45. The molecule has 0 unspecified atom stereocenters. The zero-order valence-corrected chi connectivity index (χ0v) is 28.0. The van der Waals surface area contributed by atoms with Crippen LogP contribution in [-0.4, -0.2) is 70.2 Å². The molecule has 0 amide bonds. The number of hydrogen-bond donors (Lipinski definition) is 1. The van der Waals surface area contributed by atoms with E-state index >= 15 is 0 Å². The van der Waals surface area contributed by atoms with Crippen LogP contribution < -0.4 is 14.2 Å². The fourth-order valence-corrected chi connectivity index (χ4v) is 6.23. The zero-order valence-electron chi connectivity index (χ0n) is 27.0. The Morgan fingerprint density at radius 2 is 1.77 bits per heavy atom. The molecule has 0 spiro atoms. The number of ether oxygens (including phenoxy) is 4. The normalized spacial score (nSPS) is 15.6. The molecule has 8 nitrogen and oxygen atoms in total. The Morgan fingerprint density at radius 1 is 1.07 bits per heavy atom. The highest BCUT2D eigenvalue weighted by atomic mass is 28.4. The summed E-state index contributed by atoms with van der Waals surface area (Å²) in [4.78, 5) is 14.2. The molecule has 0 saturated heterocycles. The summed E-state index contributed by atoms with van der Waals surface area (Å²) in [6.07, 6.45) is 1.25. The van der Waals surface area contributed by atoms with Crippen molar-refractivity contribution in [3.63, 3.8) is 0 Å². The SMILES string of the molecule is COC(=O)c1ccccc1Oc1ccc2c(c1)CC[C@H](CN(C[C@@H](COc1ccccc1)O[Si](C)(C)C(C)(C)C)B(C)O)O2. The van der Waals surface area contributed by atoms with E-state index in [1.54, 1.807) is 25.0 Å². The number of fused-ring (bicyclic) bond motifs is 1. The highest BCUT2D eigenvalue weighted by Gasteiger charge is 2.40. The summed E-state index contributed by atoms with van der Waals surface area (Å²) >= 11 is 0. The Labute approximate surface area is 263 Å².